The number of nitro groups is 1. The van der Waals surface area contributed by atoms with Gasteiger partial charge < -0.3 is 10.0 Å². The predicted octanol–water partition coefficient (Wildman–Crippen LogP) is 0.938. The van der Waals surface area contributed by atoms with Gasteiger partial charge in [0.05, 0.1) is 4.92 Å². The molecule has 0 radical (unpaired) electrons. The average Bonchev–Trinajstić information content (AvgIpc) is 2.55. The molecule has 1 aromatic heterocycles. The Hall–Kier alpha value is -1.63. The summed E-state index contributed by atoms with van der Waals surface area (Å²) in [7, 11) is 0. The minimum atomic E-state index is -0.365. The molecule has 1 aliphatic heterocycles. The third-order valence-electron chi connectivity index (χ3n) is 3.20. The van der Waals surface area contributed by atoms with Crippen LogP contribution in [0.5, 0.6) is 0 Å². The number of aliphatic hydroxyl groups excluding tert-OH is 1. The van der Waals surface area contributed by atoms with Crippen molar-refractivity contribution in [1.82, 2.24) is 9.78 Å². The van der Waals surface area contributed by atoms with Gasteiger partial charge in [0.25, 0.3) is 0 Å². The van der Waals surface area contributed by atoms with Crippen LogP contribution in [-0.2, 0) is 6.54 Å². The number of aromatic nitrogens is 2. The Morgan fingerprint density at radius 2 is 2.22 bits per heavy atom. The molecule has 0 unspecified atom stereocenters. The normalized spacial score (nSPS) is 15.8. The van der Waals surface area contributed by atoms with Crippen LogP contribution in [0.15, 0.2) is 0 Å². The molecule has 2 heterocycles. The largest absolute Gasteiger partial charge is 0.396 e. The molecule has 0 aromatic carbocycles. The highest BCUT2D eigenvalue weighted by atomic mass is 16.6. The summed E-state index contributed by atoms with van der Waals surface area (Å²) in [5.74, 6) is 0.805. The van der Waals surface area contributed by atoms with Gasteiger partial charge in [-0.25, -0.2) is 4.68 Å². The molecule has 0 spiro atoms. The predicted molar refractivity (Wildman–Crippen MR) is 66.7 cm³/mol. The van der Waals surface area contributed by atoms with E-state index < -0.39 is 0 Å². The standard InChI is InChI=1S/C11H18N4O3/c1-3-4-14-11(13-5-9(6-13)7-16)10(15(17)18)8(2)12-14/h9,16H,3-7H2,1-2H3. The lowest BCUT2D eigenvalue weighted by molar-refractivity contribution is -0.384. The Balaban J connectivity index is 2.33. The summed E-state index contributed by atoms with van der Waals surface area (Å²) >= 11 is 0. The van der Waals surface area contributed by atoms with Crippen molar-refractivity contribution in [2.75, 3.05) is 24.6 Å². The van der Waals surface area contributed by atoms with E-state index in [0.29, 0.717) is 31.1 Å². The summed E-state index contributed by atoms with van der Waals surface area (Å²) in [6.45, 7) is 5.80. The maximum Gasteiger partial charge on any atom is 0.333 e. The molecule has 1 aliphatic rings. The maximum atomic E-state index is 11.1. The molecular weight excluding hydrogens is 236 g/mol. The first-order valence-electron chi connectivity index (χ1n) is 6.16. The van der Waals surface area contributed by atoms with Gasteiger partial charge in [0.15, 0.2) is 0 Å². The highest BCUT2D eigenvalue weighted by Gasteiger charge is 2.36. The van der Waals surface area contributed by atoms with Crippen molar-refractivity contribution < 1.29 is 10.0 Å². The SMILES string of the molecule is CCCn1nc(C)c([N+](=O)[O-])c1N1CC(CO)C1. The van der Waals surface area contributed by atoms with E-state index in [-0.39, 0.29) is 23.1 Å². The van der Waals surface area contributed by atoms with Crippen molar-refractivity contribution in [3.63, 3.8) is 0 Å². The number of hydrogen-bond donors (Lipinski definition) is 1. The van der Waals surface area contributed by atoms with Crippen LogP contribution in [0.1, 0.15) is 19.0 Å². The Labute approximate surface area is 105 Å². The third-order valence-corrected chi connectivity index (χ3v) is 3.20. The van der Waals surface area contributed by atoms with Crippen LogP contribution in [0.2, 0.25) is 0 Å². The van der Waals surface area contributed by atoms with Crippen LogP contribution in [0.4, 0.5) is 11.5 Å². The number of aliphatic hydroxyl groups is 1. The lowest BCUT2D eigenvalue weighted by Gasteiger charge is -2.39. The topological polar surface area (TPSA) is 84.4 Å². The summed E-state index contributed by atoms with van der Waals surface area (Å²) in [4.78, 5) is 12.7. The molecule has 0 aliphatic carbocycles. The summed E-state index contributed by atoms with van der Waals surface area (Å²) in [5.41, 5.74) is 0.552. The Bertz CT molecular complexity index is 451. The van der Waals surface area contributed by atoms with E-state index in [2.05, 4.69) is 5.10 Å². The minimum Gasteiger partial charge on any atom is -0.396 e. The summed E-state index contributed by atoms with van der Waals surface area (Å²) in [6, 6.07) is 0. The zero-order valence-corrected chi connectivity index (χ0v) is 10.7. The molecule has 1 N–H and O–H groups in total. The minimum absolute atomic E-state index is 0.0971. The van der Waals surface area contributed by atoms with E-state index in [1.54, 1.807) is 11.6 Å². The zero-order valence-electron chi connectivity index (χ0n) is 10.7. The van der Waals surface area contributed by atoms with Gasteiger partial charge in [-0.2, -0.15) is 5.10 Å². The molecule has 0 saturated carbocycles. The molecular formula is C11H18N4O3. The third kappa shape index (κ3) is 2.05. The van der Waals surface area contributed by atoms with Gasteiger partial charge in [-0.1, -0.05) is 6.92 Å². The molecule has 2 rings (SSSR count). The van der Waals surface area contributed by atoms with E-state index in [4.69, 9.17) is 5.11 Å². The molecule has 100 valence electrons. The Morgan fingerprint density at radius 3 is 2.72 bits per heavy atom. The van der Waals surface area contributed by atoms with Gasteiger partial charge in [-0.15, -0.1) is 0 Å². The average molecular weight is 254 g/mol. The lowest BCUT2D eigenvalue weighted by atomic mass is 10.0. The van der Waals surface area contributed by atoms with E-state index in [1.165, 1.54) is 0 Å². The quantitative estimate of drug-likeness (QED) is 0.624. The fourth-order valence-corrected chi connectivity index (χ4v) is 2.31. The number of anilines is 1. The Morgan fingerprint density at radius 1 is 1.56 bits per heavy atom. The number of rotatable bonds is 5. The second-order valence-corrected chi connectivity index (χ2v) is 4.69. The van der Waals surface area contributed by atoms with Crippen LogP contribution >= 0.6 is 0 Å². The second-order valence-electron chi connectivity index (χ2n) is 4.69. The lowest BCUT2D eigenvalue weighted by Crippen LogP contribution is -2.49. The molecule has 1 aromatic rings. The summed E-state index contributed by atoms with van der Waals surface area (Å²) < 4.78 is 1.71. The van der Waals surface area contributed by atoms with E-state index in [0.717, 1.165) is 6.42 Å². The van der Waals surface area contributed by atoms with Crippen LogP contribution in [0.25, 0.3) is 0 Å². The highest BCUT2D eigenvalue weighted by molar-refractivity contribution is 5.62. The number of hydrogen-bond acceptors (Lipinski definition) is 5. The van der Waals surface area contributed by atoms with Crippen molar-refractivity contribution in [2.45, 2.75) is 26.8 Å². The fourth-order valence-electron chi connectivity index (χ4n) is 2.31. The Kier molecular flexibility index (Phi) is 3.51. The van der Waals surface area contributed by atoms with Gasteiger partial charge in [0.1, 0.15) is 5.69 Å². The van der Waals surface area contributed by atoms with Gasteiger partial charge in [0.2, 0.25) is 5.82 Å². The first kappa shape index (κ1) is 12.8. The summed E-state index contributed by atoms with van der Waals surface area (Å²) in [6.07, 6.45) is 0.878. The first-order chi connectivity index (χ1) is 8.58. The van der Waals surface area contributed by atoms with Crippen LogP contribution in [0.3, 0.4) is 0 Å². The molecule has 7 nitrogen and oxygen atoms in total. The van der Waals surface area contributed by atoms with Gasteiger partial charge in [-0.05, 0) is 13.3 Å². The smallest absolute Gasteiger partial charge is 0.333 e. The van der Waals surface area contributed by atoms with Crippen molar-refractivity contribution in [1.29, 1.82) is 0 Å². The molecule has 1 saturated heterocycles. The van der Waals surface area contributed by atoms with E-state index in [9.17, 15) is 10.1 Å². The molecule has 1 fully saturated rings. The molecule has 0 bridgehead atoms. The van der Waals surface area contributed by atoms with Gasteiger partial charge in [0, 0.05) is 32.2 Å². The van der Waals surface area contributed by atoms with Crippen LogP contribution < -0.4 is 4.90 Å². The van der Waals surface area contributed by atoms with Crippen molar-refractivity contribution >= 4 is 11.5 Å². The zero-order chi connectivity index (χ0) is 13.3. The van der Waals surface area contributed by atoms with Crippen LogP contribution in [0, 0.1) is 23.0 Å². The van der Waals surface area contributed by atoms with Crippen molar-refractivity contribution in [3.05, 3.63) is 15.8 Å². The first-order valence-corrected chi connectivity index (χ1v) is 6.16. The fraction of sp³-hybridized carbons (Fsp3) is 0.727. The van der Waals surface area contributed by atoms with Crippen molar-refractivity contribution in [3.8, 4) is 0 Å². The molecule has 0 atom stereocenters. The molecule has 18 heavy (non-hydrogen) atoms. The summed E-state index contributed by atoms with van der Waals surface area (Å²) in [5, 5.41) is 24.4. The number of aryl methyl sites for hydroxylation is 2. The van der Waals surface area contributed by atoms with Crippen LogP contribution in [-0.4, -0.2) is 39.5 Å². The van der Waals surface area contributed by atoms with E-state index >= 15 is 0 Å². The molecule has 0 amide bonds. The second kappa shape index (κ2) is 4.93. The van der Waals surface area contributed by atoms with E-state index in [1.807, 2.05) is 11.8 Å². The van der Waals surface area contributed by atoms with Gasteiger partial charge in [-0.3, -0.25) is 10.1 Å². The number of nitrogens with zero attached hydrogens (tertiary/aromatic N) is 4. The maximum absolute atomic E-state index is 11.1. The highest BCUT2D eigenvalue weighted by Crippen LogP contribution is 2.35. The van der Waals surface area contributed by atoms with Gasteiger partial charge >= 0.3 is 5.69 Å². The van der Waals surface area contributed by atoms with Crippen molar-refractivity contribution in [2.24, 2.45) is 5.92 Å². The molecule has 7 heteroatoms. The monoisotopic (exact) mass is 254 g/mol.